The van der Waals surface area contributed by atoms with E-state index in [-0.39, 0.29) is 33.7 Å². The van der Waals surface area contributed by atoms with Gasteiger partial charge in [0.1, 0.15) is 6.61 Å². The Morgan fingerprint density at radius 3 is 2.07 bits per heavy atom. The lowest BCUT2D eigenvalue weighted by molar-refractivity contribution is 0.103. The molecule has 0 fully saturated rings. The molecule has 3 aromatic carbocycles. The van der Waals surface area contributed by atoms with Gasteiger partial charge < -0.3 is 14.2 Å². The first-order chi connectivity index (χ1) is 20.4. The largest absolute Gasteiger partial charge is 0.488 e. The molecule has 0 bridgehead atoms. The van der Waals surface area contributed by atoms with Crippen molar-refractivity contribution in [3.63, 3.8) is 0 Å². The van der Waals surface area contributed by atoms with Crippen molar-refractivity contribution in [2.24, 2.45) is 0 Å². The zero-order valence-corrected chi connectivity index (χ0v) is 29.4. The number of aryl methyl sites for hydroxylation is 1. The Kier molecular flexibility index (Phi) is 20.4. The molecule has 0 spiro atoms. The van der Waals surface area contributed by atoms with Gasteiger partial charge in [-0.1, -0.05) is 74.5 Å². The van der Waals surface area contributed by atoms with E-state index in [4.69, 9.17) is 21.1 Å². The summed E-state index contributed by atoms with van der Waals surface area (Å²) in [5.41, 5.74) is 2.83. The summed E-state index contributed by atoms with van der Waals surface area (Å²) in [6, 6.07) is 15.6. The molecule has 0 unspecified atom stereocenters. The van der Waals surface area contributed by atoms with Crippen LogP contribution in [0.1, 0.15) is 60.7 Å². The molecule has 0 heterocycles. The van der Waals surface area contributed by atoms with Crippen LogP contribution in [0.2, 0.25) is 5.02 Å². The average Bonchev–Trinajstić information content (AvgIpc) is 2.96. The van der Waals surface area contributed by atoms with Crippen LogP contribution in [0.25, 0.3) is 11.1 Å². The number of methoxy groups -OCH3 is 2. The van der Waals surface area contributed by atoms with Crippen LogP contribution in [0, 0.1) is 24.6 Å². The van der Waals surface area contributed by atoms with Crippen molar-refractivity contribution in [1.29, 1.82) is 0 Å². The molecule has 0 saturated carbocycles. The highest BCUT2D eigenvalue weighted by Crippen LogP contribution is 2.38. The van der Waals surface area contributed by atoms with Gasteiger partial charge in [0.2, 0.25) is 0 Å². The molecule has 0 aliphatic carbocycles. The SMILES string of the molecule is CC.CCCC#Cc1ccc(OCCOC)c(F)c1-c1cc(C(=O)c2ccccc2)c(C)cc1Cl.COC.CS(C)(C)C. The average molecular weight is 633 g/mol. The van der Waals surface area contributed by atoms with Gasteiger partial charge in [-0.3, -0.25) is 14.8 Å². The Morgan fingerprint density at radius 1 is 0.953 bits per heavy atom. The van der Waals surface area contributed by atoms with Gasteiger partial charge in [0.05, 0.1) is 6.61 Å². The lowest BCUT2D eigenvalue weighted by Crippen LogP contribution is -2.07. The van der Waals surface area contributed by atoms with E-state index in [0.29, 0.717) is 45.9 Å². The Bertz CT molecular complexity index is 1300. The molecule has 0 saturated heterocycles. The molecule has 238 valence electrons. The number of carbonyl (C=O) groups is 1. The molecule has 3 rings (SSSR count). The van der Waals surface area contributed by atoms with Crippen LogP contribution < -0.4 is 4.74 Å². The Hall–Kier alpha value is -2.82. The number of carbonyl (C=O) groups excluding carboxylic acids is 1. The monoisotopic (exact) mass is 632 g/mol. The maximum absolute atomic E-state index is 15.7. The highest BCUT2D eigenvalue weighted by molar-refractivity contribution is 8.31. The minimum Gasteiger partial charge on any atom is -0.488 e. The van der Waals surface area contributed by atoms with E-state index >= 15 is 4.39 Å². The summed E-state index contributed by atoms with van der Waals surface area (Å²) in [5, 5.41) is 0.337. The van der Waals surface area contributed by atoms with Gasteiger partial charge in [0, 0.05) is 60.6 Å². The van der Waals surface area contributed by atoms with Crippen molar-refractivity contribution in [3.05, 3.63) is 87.7 Å². The van der Waals surface area contributed by atoms with Gasteiger partial charge in [0.15, 0.2) is 17.3 Å². The number of halogens is 2. The standard InChI is InChI=1S/C28H26ClFO3.C4H12S.C2H6O.C2H6/c1-4-5-7-10-20-13-14-25(33-16-15-32-3)27(30)26(20)23-18-22(19(2)17-24(23)29)28(31)21-11-8-6-9-12-21;1-5(2,3)4;1-3-2;1-2/h6,8-9,11-14,17-18H,4-5,15-16H2,1-3H3;1-4H3;1-2H3;1-2H3. The fourth-order valence-corrected chi connectivity index (χ4v) is 3.72. The summed E-state index contributed by atoms with van der Waals surface area (Å²) in [6.45, 7) is 8.37. The first-order valence-corrected chi connectivity index (χ1v) is 17.9. The van der Waals surface area contributed by atoms with Crippen LogP contribution in [-0.4, -0.2) is 65.3 Å². The van der Waals surface area contributed by atoms with Crippen molar-refractivity contribution in [2.45, 2.75) is 40.5 Å². The summed E-state index contributed by atoms with van der Waals surface area (Å²) in [6.07, 6.45) is 10.7. The molecule has 0 aromatic heterocycles. The molecule has 0 aliphatic heterocycles. The summed E-state index contributed by atoms with van der Waals surface area (Å²) >= 11 is 6.58. The molecular formula is C36H50ClFO4S. The number of hydrogen-bond donors (Lipinski definition) is 0. The predicted molar refractivity (Wildman–Crippen MR) is 186 cm³/mol. The minimum absolute atomic E-state index is 0.0793. The zero-order chi connectivity index (χ0) is 33.0. The lowest BCUT2D eigenvalue weighted by atomic mass is 9.92. The smallest absolute Gasteiger partial charge is 0.193 e. The number of hydrogen-bond acceptors (Lipinski definition) is 4. The zero-order valence-electron chi connectivity index (χ0n) is 27.8. The highest BCUT2D eigenvalue weighted by atomic mass is 35.5. The number of benzene rings is 3. The van der Waals surface area contributed by atoms with E-state index in [1.165, 1.54) is 0 Å². The third-order valence-electron chi connectivity index (χ3n) is 5.11. The maximum Gasteiger partial charge on any atom is 0.193 e. The van der Waals surface area contributed by atoms with E-state index in [9.17, 15) is 4.79 Å². The van der Waals surface area contributed by atoms with E-state index in [0.717, 1.165) is 6.42 Å². The highest BCUT2D eigenvalue weighted by Gasteiger charge is 2.21. The van der Waals surface area contributed by atoms with E-state index in [2.05, 4.69) is 41.6 Å². The van der Waals surface area contributed by atoms with Crippen LogP contribution in [-0.2, 0) is 9.47 Å². The molecular weight excluding hydrogens is 583 g/mol. The van der Waals surface area contributed by atoms with Crippen molar-refractivity contribution in [3.8, 4) is 28.7 Å². The van der Waals surface area contributed by atoms with Crippen molar-refractivity contribution in [1.82, 2.24) is 0 Å². The second kappa shape index (κ2) is 21.8. The summed E-state index contributed by atoms with van der Waals surface area (Å²) in [4.78, 5) is 13.2. The summed E-state index contributed by atoms with van der Waals surface area (Å²) in [7, 11) is 4.63. The number of unbranched alkanes of at least 4 members (excludes halogenated alkanes) is 1. The van der Waals surface area contributed by atoms with Gasteiger partial charge in [0.25, 0.3) is 0 Å². The second-order valence-electron chi connectivity index (χ2n) is 10.4. The quantitative estimate of drug-likeness (QED) is 0.141. The van der Waals surface area contributed by atoms with E-state index in [1.54, 1.807) is 69.9 Å². The van der Waals surface area contributed by atoms with Crippen LogP contribution in [0.3, 0.4) is 0 Å². The second-order valence-corrected chi connectivity index (χ2v) is 15.7. The maximum atomic E-state index is 15.7. The Balaban J connectivity index is 0.00000155. The molecule has 0 aliphatic rings. The minimum atomic E-state index is -0.571. The normalized spacial score (nSPS) is 10.3. The van der Waals surface area contributed by atoms with Gasteiger partial charge in [-0.25, -0.2) is 4.39 Å². The van der Waals surface area contributed by atoms with Gasteiger partial charge >= 0.3 is 0 Å². The lowest BCUT2D eigenvalue weighted by Gasteiger charge is -2.16. The summed E-state index contributed by atoms with van der Waals surface area (Å²) in [5.74, 6) is 5.48. The number of ether oxygens (including phenoxy) is 3. The van der Waals surface area contributed by atoms with E-state index in [1.807, 2.05) is 33.8 Å². The third kappa shape index (κ3) is 15.0. The van der Waals surface area contributed by atoms with Gasteiger partial charge in [-0.15, -0.1) is 0 Å². The Labute approximate surface area is 266 Å². The predicted octanol–water partition coefficient (Wildman–Crippen LogP) is 9.46. The fraction of sp³-hybridized carbons (Fsp3) is 0.417. The topological polar surface area (TPSA) is 44.8 Å². The van der Waals surface area contributed by atoms with Gasteiger partial charge in [-0.05, 0) is 68.2 Å². The van der Waals surface area contributed by atoms with Crippen LogP contribution >= 0.6 is 21.6 Å². The number of rotatable bonds is 8. The van der Waals surface area contributed by atoms with Crippen LogP contribution in [0.4, 0.5) is 4.39 Å². The Morgan fingerprint density at radius 2 is 1.53 bits per heavy atom. The molecule has 4 nitrogen and oxygen atoms in total. The van der Waals surface area contributed by atoms with Crippen LogP contribution in [0.15, 0.2) is 54.6 Å². The van der Waals surface area contributed by atoms with Crippen molar-refractivity contribution in [2.75, 3.05) is 59.6 Å². The molecule has 7 heteroatoms. The van der Waals surface area contributed by atoms with Crippen LogP contribution in [0.5, 0.6) is 5.75 Å². The molecule has 3 aromatic rings. The number of ketones is 1. The molecule has 0 N–H and O–H groups in total. The van der Waals surface area contributed by atoms with Crippen molar-refractivity contribution >= 4 is 27.4 Å². The molecule has 0 atom stereocenters. The summed E-state index contributed by atoms with van der Waals surface area (Å²) < 4.78 is 30.5. The van der Waals surface area contributed by atoms with E-state index < -0.39 is 5.82 Å². The van der Waals surface area contributed by atoms with Gasteiger partial charge in [-0.2, -0.15) is 0 Å². The first-order valence-electron chi connectivity index (χ1n) is 14.3. The molecule has 0 radical (unpaired) electrons. The fourth-order valence-electron chi connectivity index (χ4n) is 3.41. The van der Waals surface area contributed by atoms with Crippen molar-refractivity contribution < 1.29 is 23.4 Å². The third-order valence-corrected chi connectivity index (χ3v) is 5.43. The first kappa shape index (κ1) is 40.2. The molecule has 43 heavy (non-hydrogen) atoms. The molecule has 0 amide bonds.